The van der Waals surface area contributed by atoms with Crippen molar-refractivity contribution in [3.63, 3.8) is 0 Å². The molecule has 0 radical (unpaired) electrons. The minimum Gasteiger partial charge on any atom is -0.496 e. The number of hydrogen-bond acceptors (Lipinski definition) is 3. The summed E-state index contributed by atoms with van der Waals surface area (Å²) in [7, 11) is 5.94. The minimum atomic E-state index is 0.950. The van der Waals surface area contributed by atoms with Gasteiger partial charge in [0.1, 0.15) is 5.75 Å². The topological polar surface area (TPSA) is 24.5 Å². The largest absolute Gasteiger partial charge is 0.496 e. The predicted molar refractivity (Wildman–Crippen MR) is 82.0 cm³/mol. The molecule has 0 heterocycles. The van der Waals surface area contributed by atoms with E-state index in [-0.39, 0.29) is 0 Å². The maximum absolute atomic E-state index is 5.54. The highest BCUT2D eigenvalue weighted by Gasteiger charge is 2.09. The van der Waals surface area contributed by atoms with E-state index in [1.54, 1.807) is 7.11 Å². The normalized spacial score (nSPS) is 11.1. The lowest BCUT2D eigenvalue weighted by Gasteiger charge is -2.20. The summed E-state index contributed by atoms with van der Waals surface area (Å²) in [6.07, 6.45) is 2.45. The molecular weight excluding hydrogens is 236 g/mol. The van der Waals surface area contributed by atoms with Gasteiger partial charge in [0.2, 0.25) is 0 Å². The number of hydrogen-bond donors (Lipinski definition) is 1. The van der Waals surface area contributed by atoms with E-state index in [1.165, 1.54) is 29.5 Å². The summed E-state index contributed by atoms with van der Waals surface area (Å²) < 4.78 is 5.54. The van der Waals surface area contributed by atoms with Crippen molar-refractivity contribution in [2.45, 2.75) is 33.2 Å². The highest BCUT2D eigenvalue weighted by molar-refractivity contribution is 5.43. The summed E-state index contributed by atoms with van der Waals surface area (Å²) in [5, 5.41) is 3.19. The van der Waals surface area contributed by atoms with Gasteiger partial charge >= 0.3 is 0 Å². The number of methoxy groups -OCH3 is 1. The van der Waals surface area contributed by atoms with Crippen molar-refractivity contribution in [3.8, 4) is 5.75 Å². The van der Waals surface area contributed by atoms with Gasteiger partial charge in [0, 0.05) is 12.1 Å². The second-order valence-corrected chi connectivity index (χ2v) is 5.32. The number of rotatable bonds is 8. The molecule has 0 spiro atoms. The molecule has 0 atom stereocenters. The van der Waals surface area contributed by atoms with E-state index in [9.17, 15) is 0 Å². The number of nitrogens with zero attached hydrogens (tertiary/aromatic N) is 1. The Labute approximate surface area is 118 Å². The van der Waals surface area contributed by atoms with Gasteiger partial charge in [-0.25, -0.2) is 0 Å². The van der Waals surface area contributed by atoms with Gasteiger partial charge in [-0.1, -0.05) is 17.7 Å². The second-order valence-electron chi connectivity index (χ2n) is 5.32. The first-order valence-corrected chi connectivity index (χ1v) is 7.05. The van der Waals surface area contributed by atoms with Crippen molar-refractivity contribution in [1.29, 1.82) is 0 Å². The third kappa shape index (κ3) is 5.21. The van der Waals surface area contributed by atoms with Gasteiger partial charge < -0.3 is 15.0 Å². The second kappa shape index (κ2) is 8.18. The zero-order chi connectivity index (χ0) is 14.3. The first-order valence-electron chi connectivity index (χ1n) is 7.05. The van der Waals surface area contributed by atoms with E-state index in [0.717, 1.165) is 25.4 Å². The van der Waals surface area contributed by atoms with Crippen LogP contribution in [-0.4, -0.2) is 39.2 Å². The van der Waals surface area contributed by atoms with Crippen molar-refractivity contribution in [2.24, 2.45) is 0 Å². The Morgan fingerprint density at radius 3 is 2.58 bits per heavy atom. The van der Waals surface area contributed by atoms with Gasteiger partial charge in [-0.15, -0.1) is 0 Å². The Morgan fingerprint density at radius 1 is 1.21 bits per heavy atom. The lowest BCUT2D eigenvalue weighted by Crippen LogP contribution is -2.21. The molecular formula is C16H28N2O. The van der Waals surface area contributed by atoms with Crippen LogP contribution in [-0.2, 0) is 6.54 Å². The molecule has 1 rings (SSSR count). The Morgan fingerprint density at radius 2 is 1.95 bits per heavy atom. The van der Waals surface area contributed by atoms with Gasteiger partial charge in [-0.3, -0.25) is 0 Å². The SMILES string of the molecule is CNCCCCN(C)Cc1cc(C)cc(C)c1OC. The molecule has 19 heavy (non-hydrogen) atoms. The molecule has 3 nitrogen and oxygen atoms in total. The number of ether oxygens (including phenoxy) is 1. The molecule has 0 bridgehead atoms. The lowest BCUT2D eigenvalue weighted by atomic mass is 10.0. The van der Waals surface area contributed by atoms with Crippen molar-refractivity contribution in [2.75, 3.05) is 34.3 Å². The van der Waals surface area contributed by atoms with Gasteiger partial charge in [-0.05, 0) is 59.4 Å². The van der Waals surface area contributed by atoms with E-state index < -0.39 is 0 Å². The first kappa shape index (κ1) is 16.0. The Kier molecular flexibility index (Phi) is 6.89. The van der Waals surface area contributed by atoms with Crippen LogP contribution in [0.25, 0.3) is 0 Å². The summed E-state index contributed by atoms with van der Waals surface area (Å²) in [6, 6.07) is 4.41. The molecule has 0 unspecified atom stereocenters. The number of aryl methyl sites for hydroxylation is 2. The van der Waals surface area contributed by atoms with E-state index in [2.05, 4.69) is 43.2 Å². The molecule has 0 saturated carbocycles. The first-order chi connectivity index (χ1) is 9.08. The fourth-order valence-corrected chi connectivity index (χ4v) is 2.51. The van der Waals surface area contributed by atoms with E-state index in [4.69, 9.17) is 4.74 Å². The van der Waals surface area contributed by atoms with Crippen LogP contribution in [0.4, 0.5) is 0 Å². The van der Waals surface area contributed by atoms with Crippen LogP contribution in [0.15, 0.2) is 12.1 Å². The third-order valence-electron chi connectivity index (χ3n) is 3.36. The van der Waals surface area contributed by atoms with Crippen molar-refractivity contribution in [3.05, 3.63) is 28.8 Å². The van der Waals surface area contributed by atoms with Crippen LogP contribution < -0.4 is 10.1 Å². The summed E-state index contributed by atoms with van der Waals surface area (Å²) in [6.45, 7) is 7.43. The van der Waals surface area contributed by atoms with Gasteiger partial charge in [0.15, 0.2) is 0 Å². The van der Waals surface area contributed by atoms with Gasteiger partial charge in [0.05, 0.1) is 7.11 Å². The maximum atomic E-state index is 5.54. The summed E-state index contributed by atoms with van der Waals surface area (Å²) in [4.78, 5) is 2.37. The molecule has 108 valence electrons. The quantitative estimate of drug-likeness (QED) is 0.731. The molecule has 0 aromatic heterocycles. The third-order valence-corrected chi connectivity index (χ3v) is 3.36. The molecule has 1 aromatic carbocycles. The number of unbranched alkanes of at least 4 members (excludes halogenated alkanes) is 1. The molecule has 0 fully saturated rings. The van der Waals surface area contributed by atoms with E-state index >= 15 is 0 Å². The van der Waals surface area contributed by atoms with E-state index in [0.29, 0.717) is 0 Å². The minimum absolute atomic E-state index is 0.950. The smallest absolute Gasteiger partial charge is 0.126 e. The van der Waals surface area contributed by atoms with Crippen LogP contribution in [0.1, 0.15) is 29.5 Å². The van der Waals surface area contributed by atoms with Crippen LogP contribution in [0.3, 0.4) is 0 Å². The average Bonchev–Trinajstić information content (AvgIpc) is 2.34. The predicted octanol–water partition coefficient (Wildman–Crippen LogP) is 2.74. The van der Waals surface area contributed by atoms with Gasteiger partial charge in [0.25, 0.3) is 0 Å². The molecule has 0 aliphatic heterocycles. The van der Waals surface area contributed by atoms with Crippen LogP contribution >= 0.6 is 0 Å². The van der Waals surface area contributed by atoms with E-state index in [1.807, 2.05) is 7.05 Å². The molecule has 1 N–H and O–H groups in total. The number of nitrogens with one attached hydrogen (secondary N) is 1. The number of benzene rings is 1. The Balaban J connectivity index is 2.60. The summed E-state index contributed by atoms with van der Waals surface area (Å²) in [5.74, 6) is 1.03. The highest BCUT2D eigenvalue weighted by Crippen LogP contribution is 2.26. The average molecular weight is 264 g/mol. The lowest BCUT2D eigenvalue weighted by molar-refractivity contribution is 0.309. The maximum Gasteiger partial charge on any atom is 0.126 e. The molecule has 0 aliphatic carbocycles. The van der Waals surface area contributed by atoms with Crippen molar-refractivity contribution >= 4 is 0 Å². The fourth-order valence-electron chi connectivity index (χ4n) is 2.51. The van der Waals surface area contributed by atoms with Crippen LogP contribution in [0.2, 0.25) is 0 Å². The van der Waals surface area contributed by atoms with Gasteiger partial charge in [-0.2, -0.15) is 0 Å². The zero-order valence-corrected chi connectivity index (χ0v) is 13.0. The van der Waals surface area contributed by atoms with Crippen LogP contribution in [0.5, 0.6) is 5.75 Å². The van der Waals surface area contributed by atoms with Crippen molar-refractivity contribution in [1.82, 2.24) is 10.2 Å². The zero-order valence-electron chi connectivity index (χ0n) is 13.0. The fraction of sp³-hybridized carbons (Fsp3) is 0.625. The Hall–Kier alpha value is -1.06. The molecule has 1 aromatic rings. The molecule has 0 amide bonds. The molecule has 0 saturated heterocycles. The summed E-state index contributed by atoms with van der Waals surface area (Å²) in [5.41, 5.74) is 3.81. The highest BCUT2D eigenvalue weighted by atomic mass is 16.5. The standard InChI is InChI=1S/C16H28N2O/c1-13-10-14(2)16(19-5)15(11-13)12-18(4)9-7-6-8-17-3/h10-11,17H,6-9,12H2,1-5H3. The molecule has 0 aliphatic rings. The van der Waals surface area contributed by atoms with Crippen LogP contribution in [0, 0.1) is 13.8 Å². The Bertz CT molecular complexity index is 391. The van der Waals surface area contributed by atoms with Crippen molar-refractivity contribution < 1.29 is 4.74 Å². The molecule has 3 heteroatoms. The monoisotopic (exact) mass is 264 g/mol. The summed E-state index contributed by atoms with van der Waals surface area (Å²) >= 11 is 0.